The number of nitrogens with zero attached hydrogens (tertiary/aromatic N) is 2. The lowest BCUT2D eigenvalue weighted by atomic mass is 10.0. The Bertz CT molecular complexity index is 870. The van der Waals surface area contributed by atoms with Crippen LogP contribution in [0.15, 0.2) is 60.9 Å². The van der Waals surface area contributed by atoms with Gasteiger partial charge >= 0.3 is 0 Å². The van der Waals surface area contributed by atoms with E-state index in [1.807, 2.05) is 12.4 Å². The average molecular weight is 403 g/mol. The Morgan fingerprint density at radius 1 is 0.733 bits per heavy atom. The van der Waals surface area contributed by atoms with Crippen molar-refractivity contribution in [1.29, 1.82) is 0 Å². The third-order valence-corrected chi connectivity index (χ3v) is 5.38. The summed E-state index contributed by atoms with van der Waals surface area (Å²) in [5, 5.41) is 0. The van der Waals surface area contributed by atoms with Crippen molar-refractivity contribution < 1.29 is 4.74 Å². The van der Waals surface area contributed by atoms with Crippen LogP contribution < -0.4 is 4.74 Å². The molecule has 0 aliphatic heterocycles. The van der Waals surface area contributed by atoms with Crippen molar-refractivity contribution in [3.05, 3.63) is 66.5 Å². The van der Waals surface area contributed by atoms with Crippen molar-refractivity contribution in [1.82, 2.24) is 9.97 Å². The van der Waals surface area contributed by atoms with Crippen molar-refractivity contribution in [3.8, 4) is 28.3 Å². The molecule has 3 rings (SSSR count). The minimum atomic E-state index is 0.260. The van der Waals surface area contributed by atoms with Crippen LogP contribution in [-0.4, -0.2) is 16.1 Å². The standard InChI is InChI=1S/C27H34N2O/c1-4-6-7-8-10-21(3)30-26-17-15-24(16-18-26)23-11-13-25(14-12-23)27-28-19-22(9-5-2)20-29-27/h11-21H,4-10H2,1-3H3. The molecule has 3 aromatic rings. The second-order valence-corrected chi connectivity index (χ2v) is 8.04. The van der Waals surface area contributed by atoms with E-state index in [9.17, 15) is 0 Å². The molecule has 3 heteroatoms. The third-order valence-electron chi connectivity index (χ3n) is 5.38. The lowest BCUT2D eigenvalue weighted by Gasteiger charge is -2.15. The van der Waals surface area contributed by atoms with Gasteiger partial charge < -0.3 is 4.74 Å². The monoisotopic (exact) mass is 402 g/mol. The Morgan fingerprint density at radius 3 is 1.93 bits per heavy atom. The summed E-state index contributed by atoms with van der Waals surface area (Å²) >= 11 is 0. The van der Waals surface area contributed by atoms with Crippen molar-refractivity contribution >= 4 is 0 Å². The molecule has 0 saturated heterocycles. The summed E-state index contributed by atoms with van der Waals surface area (Å²) in [6.45, 7) is 6.57. The third kappa shape index (κ3) is 6.41. The van der Waals surface area contributed by atoms with Crippen molar-refractivity contribution in [2.45, 2.75) is 71.8 Å². The van der Waals surface area contributed by atoms with Gasteiger partial charge in [-0.3, -0.25) is 0 Å². The predicted octanol–water partition coefficient (Wildman–Crippen LogP) is 7.50. The van der Waals surface area contributed by atoms with Crippen molar-refractivity contribution in [3.63, 3.8) is 0 Å². The largest absolute Gasteiger partial charge is 0.491 e. The minimum Gasteiger partial charge on any atom is -0.491 e. The first-order chi connectivity index (χ1) is 14.7. The molecule has 0 radical (unpaired) electrons. The molecule has 2 aromatic carbocycles. The SMILES string of the molecule is CCCCCCC(C)Oc1ccc(-c2ccc(-c3ncc(CCC)cn3)cc2)cc1. The van der Waals surface area contributed by atoms with Crippen LogP contribution in [0.5, 0.6) is 5.75 Å². The van der Waals surface area contributed by atoms with Gasteiger partial charge in [0.05, 0.1) is 6.10 Å². The highest BCUT2D eigenvalue weighted by atomic mass is 16.5. The molecule has 0 amide bonds. The van der Waals surface area contributed by atoms with Gasteiger partial charge in [0.25, 0.3) is 0 Å². The number of hydrogen-bond donors (Lipinski definition) is 0. The Hall–Kier alpha value is -2.68. The molecule has 158 valence electrons. The van der Waals surface area contributed by atoms with Crippen LogP contribution in [0.25, 0.3) is 22.5 Å². The molecule has 0 aliphatic carbocycles. The lowest BCUT2D eigenvalue weighted by Crippen LogP contribution is -2.11. The van der Waals surface area contributed by atoms with E-state index in [1.165, 1.54) is 42.4 Å². The Kier molecular flexibility index (Phi) is 8.43. The molecule has 0 saturated carbocycles. The van der Waals surface area contributed by atoms with Gasteiger partial charge in [-0.2, -0.15) is 0 Å². The highest BCUT2D eigenvalue weighted by Crippen LogP contribution is 2.26. The van der Waals surface area contributed by atoms with E-state index in [1.54, 1.807) is 0 Å². The first kappa shape index (κ1) is 22.0. The molecule has 3 nitrogen and oxygen atoms in total. The quantitative estimate of drug-likeness (QED) is 0.311. The molecule has 30 heavy (non-hydrogen) atoms. The number of benzene rings is 2. The number of aromatic nitrogens is 2. The van der Waals surface area contributed by atoms with Gasteiger partial charge in [-0.05, 0) is 55.0 Å². The van der Waals surface area contributed by atoms with E-state index in [-0.39, 0.29) is 6.10 Å². The second kappa shape index (κ2) is 11.5. The Morgan fingerprint density at radius 2 is 1.33 bits per heavy atom. The molecule has 0 N–H and O–H groups in total. The highest BCUT2D eigenvalue weighted by Gasteiger charge is 2.06. The highest BCUT2D eigenvalue weighted by molar-refractivity contribution is 5.68. The van der Waals surface area contributed by atoms with Crippen LogP contribution in [0, 0.1) is 0 Å². The summed E-state index contributed by atoms with van der Waals surface area (Å²) in [6, 6.07) is 16.8. The number of ether oxygens (including phenoxy) is 1. The van der Waals surface area contributed by atoms with Crippen molar-refractivity contribution in [2.24, 2.45) is 0 Å². The maximum absolute atomic E-state index is 6.07. The van der Waals surface area contributed by atoms with E-state index >= 15 is 0 Å². The summed E-state index contributed by atoms with van der Waals surface area (Å²) < 4.78 is 6.07. The van der Waals surface area contributed by atoms with Gasteiger partial charge in [0.2, 0.25) is 0 Å². The van der Waals surface area contributed by atoms with Gasteiger partial charge in [0, 0.05) is 18.0 Å². The maximum atomic E-state index is 6.07. The van der Waals surface area contributed by atoms with Gasteiger partial charge in [0.15, 0.2) is 5.82 Å². The summed E-state index contributed by atoms with van der Waals surface area (Å²) in [4.78, 5) is 9.03. The molecule has 0 bridgehead atoms. The van der Waals surface area contributed by atoms with Gasteiger partial charge in [-0.25, -0.2) is 9.97 Å². The van der Waals surface area contributed by atoms with Gasteiger partial charge in [-0.1, -0.05) is 75.9 Å². The normalized spacial score (nSPS) is 12.0. The van der Waals surface area contributed by atoms with Crippen LogP contribution in [0.1, 0.15) is 64.9 Å². The second-order valence-electron chi connectivity index (χ2n) is 8.04. The lowest BCUT2D eigenvalue weighted by molar-refractivity contribution is 0.206. The molecule has 0 aliphatic rings. The molecule has 0 fully saturated rings. The fourth-order valence-electron chi connectivity index (χ4n) is 3.61. The Labute approximate surface area is 181 Å². The molecule has 0 spiro atoms. The van der Waals surface area contributed by atoms with Crippen LogP contribution in [0.4, 0.5) is 0 Å². The van der Waals surface area contributed by atoms with Crippen molar-refractivity contribution in [2.75, 3.05) is 0 Å². The first-order valence-corrected chi connectivity index (χ1v) is 11.4. The molecular formula is C27H34N2O. The maximum Gasteiger partial charge on any atom is 0.159 e. The van der Waals surface area contributed by atoms with E-state index in [0.29, 0.717) is 0 Å². The fraction of sp³-hybridized carbons (Fsp3) is 0.407. The van der Waals surface area contributed by atoms with E-state index in [2.05, 4.69) is 79.3 Å². The zero-order valence-electron chi connectivity index (χ0n) is 18.6. The van der Waals surface area contributed by atoms with E-state index < -0.39 is 0 Å². The average Bonchev–Trinajstić information content (AvgIpc) is 2.78. The summed E-state index contributed by atoms with van der Waals surface area (Å²) in [5.41, 5.74) is 4.60. The molecule has 1 heterocycles. The topological polar surface area (TPSA) is 35.0 Å². The number of aryl methyl sites for hydroxylation is 1. The smallest absolute Gasteiger partial charge is 0.159 e. The molecule has 1 unspecified atom stereocenters. The molecule has 1 atom stereocenters. The fourth-order valence-corrected chi connectivity index (χ4v) is 3.61. The van der Waals surface area contributed by atoms with Gasteiger partial charge in [0.1, 0.15) is 5.75 Å². The van der Waals surface area contributed by atoms with Crippen LogP contribution in [0.2, 0.25) is 0 Å². The predicted molar refractivity (Wildman–Crippen MR) is 126 cm³/mol. The molecular weight excluding hydrogens is 368 g/mol. The van der Waals surface area contributed by atoms with Crippen LogP contribution in [-0.2, 0) is 6.42 Å². The first-order valence-electron chi connectivity index (χ1n) is 11.4. The number of unbranched alkanes of at least 4 members (excludes halogenated alkanes) is 3. The van der Waals surface area contributed by atoms with Crippen LogP contribution >= 0.6 is 0 Å². The zero-order valence-corrected chi connectivity index (χ0v) is 18.6. The van der Waals surface area contributed by atoms with E-state index in [4.69, 9.17) is 4.74 Å². The zero-order chi connectivity index (χ0) is 21.2. The molecule has 1 aromatic heterocycles. The number of hydrogen-bond acceptors (Lipinski definition) is 3. The van der Waals surface area contributed by atoms with Crippen LogP contribution in [0.3, 0.4) is 0 Å². The summed E-state index contributed by atoms with van der Waals surface area (Å²) in [5.74, 6) is 1.72. The number of rotatable bonds is 11. The Balaban J connectivity index is 1.58. The summed E-state index contributed by atoms with van der Waals surface area (Å²) in [7, 11) is 0. The minimum absolute atomic E-state index is 0.260. The van der Waals surface area contributed by atoms with E-state index in [0.717, 1.165) is 36.4 Å². The van der Waals surface area contributed by atoms with Gasteiger partial charge in [-0.15, -0.1) is 0 Å². The summed E-state index contributed by atoms with van der Waals surface area (Å²) in [6.07, 6.45) is 12.5.